The average Bonchev–Trinajstić information content (AvgIpc) is 3.53. The number of nitrogens with zero attached hydrogens (tertiary/aromatic N) is 3. The first-order valence-electron chi connectivity index (χ1n) is 16.4. The average molecular weight is 673 g/mol. The molecule has 2 aliphatic heterocycles. The van der Waals surface area contributed by atoms with Crippen LogP contribution in [0.15, 0.2) is 54.7 Å². The zero-order chi connectivity index (χ0) is 35.4. The molecule has 0 aliphatic carbocycles. The third kappa shape index (κ3) is 6.88. The number of carbonyl (C=O) groups excluding carboxylic acids is 2. The van der Waals surface area contributed by atoms with Gasteiger partial charge in [0.05, 0.1) is 23.2 Å². The maximum Gasteiger partial charge on any atom is 0.407 e. The lowest BCUT2D eigenvalue weighted by molar-refractivity contribution is 0.0417. The summed E-state index contributed by atoms with van der Waals surface area (Å²) in [7, 11) is 0. The van der Waals surface area contributed by atoms with Gasteiger partial charge in [0, 0.05) is 40.8 Å². The smallest absolute Gasteiger partial charge is 0.407 e. The highest BCUT2D eigenvalue weighted by molar-refractivity contribution is 5.99. The molecule has 256 valence electrons. The first-order chi connectivity index (χ1) is 23.0. The zero-order valence-electron chi connectivity index (χ0n) is 28.1. The summed E-state index contributed by atoms with van der Waals surface area (Å²) in [5, 5.41) is 23.0. The Morgan fingerprint density at radius 2 is 1.63 bits per heavy atom. The molecule has 2 bridgehead atoms. The van der Waals surface area contributed by atoms with Crippen LogP contribution < -0.4 is 5.32 Å². The molecule has 3 atom stereocenters. The van der Waals surface area contributed by atoms with Crippen molar-refractivity contribution in [2.24, 2.45) is 0 Å². The Labute approximate surface area is 283 Å². The van der Waals surface area contributed by atoms with Crippen LogP contribution in [0.3, 0.4) is 0 Å². The van der Waals surface area contributed by atoms with Gasteiger partial charge in [-0.05, 0) is 113 Å². The second-order valence-corrected chi connectivity index (χ2v) is 14.7. The highest BCUT2D eigenvalue weighted by Crippen LogP contribution is 2.41. The number of aliphatic hydroxyl groups is 1. The van der Waals surface area contributed by atoms with Crippen molar-refractivity contribution < 1.29 is 32.6 Å². The van der Waals surface area contributed by atoms with E-state index in [9.17, 15) is 24.3 Å². The Bertz CT molecular complexity index is 1990. The van der Waals surface area contributed by atoms with E-state index in [1.807, 2.05) is 4.90 Å². The number of benzene rings is 3. The van der Waals surface area contributed by atoms with Gasteiger partial charge in [0.15, 0.2) is 11.6 Å². The molecule has 1 aromatic heterocycles. The number of nitriles is 1. The van der Waals surface area contributed by atoms with Gasteiger partial charge in [-0.25, -0.2) is 18.0 Å². The Morgan fingerprint density at radius 1 is 0.939 bits per heavy atom. The van der Waals surface area contributed by atoms with Crippen LogP contribution in [0.4, 0.5) is 18.0 Å². The van der Waals surface area contributed by atoms with Crippen molar-refractivity contribution >= 4 is 22.9 Å². The Hall–Kier alpha value is -4.82. The van der Waals surface area contributed by atoms with Crippen molar-refractivity contribution in [3.05, 3.63) is 83.3 Å². The predicted octanol–water partition coefficient (Wildman–Crippen LogP) is 7.70. The minimum Gasteiger partial charge on any atom is -0.444 e. The normalized spacial score (nSPS) is 19.2. The molecule has 49 heavy (non-hydrogen) atoms. The van der Waals surface area contributed by atoms with Crippen LogP contribution >= 0.6 is 0 Å². The van der Waals surface area contributed by atoms with Crippen LogP contribution in [0.25, 0.3) is 33.2 Å². The summed E-state index contributed by atoms with van der Waals surface area (Å²) >= 11 is 0. The quantitative estimate of drug-likeness (QED) is 0.218. The molecular formula is C38H39F3N4O4. The topological polar surface area (TPSA) is 108 Å². The molecule has 1 unspecified atom stereocenters. The fraction of sp³-hybridized carbons (Fsp3) is 0.395. The van der Waals surface area contributed by atoms with Crippen LogP contribution in [0.2, 0.25) is 0 Å². The molecule has 0 spiro atoms. The van der Waals surface area contributed by atoms with Gasteiger partial charge in [0.2, 0.25) is 0 Å². The molecule has 0 saturated carbocycles. The second-order valence-electron chi connectivity index (χ2n) is 14.7. The number of hydrogen-bond donors (Lipinski definition) is 2. The second kappa shape index (κ2) is 12.6. The highest BCUT2D eigenvalue weighted by atomic mass is 19.2. The van der Waals surface area contributed by atoms with E-state index in [0.29, 0.717) is 18.2 Å². The van der Waals surface area contributed by atoms with Gasteiger partial charge >= 0.3 is 6.09 Å². The fourth-order valence-corrected chi connectivity index (χ4v) is 7.22. The SMILES string of the molecule is CC(C)(O)Cn1ccc2cc(-c3ccc(C(=O)N4[C@@H]5CC[C@H]4CC(NC(=O)OC(C)(C)C)C5)cc3-c3ccc(C#N)c(F)c3)c(F)c(F)c21. The number of piperidine rings is 1. The first-order valence-corrected chi connectivity index (χ1v) is 16.4. The van der Waals surface area contributed by atoms with Crippen molar-refractivity contribution in [3.8, 4) is 28.3 Å². The molecule has 8 nitrogen and oxygen atoms in total. The van der Waals surface area contributed by atoms with Crippen LogP contribution in [0.1, 0.15) is 76.2 Å². The van der Waals surface area contributed by atoms with Gasteiger partial charge in [-0.1, -0.05) is 12.1 Å². The lowest BCUT2D eigenvalue weighted by Gasteiger charge is -2.39. The molecular weight excluding hydrogens is 633 g/mol. The summed E-state index contributed by atoms with van der Waals surface area (Å²) in [4.78, 5) is 28.4. The van der Waals surface area contributed by atoms with Crippen LogP contribution in [0, 0.1) is 28.8 Å². The van der Waals surface area contributed by atoms with Crippen molar-refractivity contribution in [1.82, 2.24) is 14.8 Å². The third-order valence-electron chi connectivity index (χ3n) is 9.13. The third-order valence-corrected chi connectivity index (χ3v) is 9.13. The monoisotopic (exact) mass is 672 g/mol. The minimum absolute atomic E-state index is 0.00109. The molecule has 6 rings (SSSR count). The van der Waals surface area contributed by atoms with Gasteiger partial charge in [0.25, 0.3) is 5.91 Å². The van der Waals surface area contributed by atoms with E-state index < -0.39 is 34.7 Å². The van der Waals surface area contributed by atoms with E-state index in [4.69, 9.17) is 4.74 Å². The van der Waals surface area contributed by atoms with E-state index in [2.05, 4.69) is 5.32 Å². The molecule has 3 aromatic carbocycles. The van der Waals surface area contributed by atoms with Crippen molar-refractivity contribution in [2.75, 3.05) is 0 Å². The maximum atomic E-state index is 16.0. The lowest BCUT2D eigenvalue weighted by atomic mass is 9.90. The summed E-state index contributed by atoms with van der Waals surface area (Å²) in [5.74, 6) is -3.27. The Balaban J connectivity index is 1.38. The summed E-state index contributed by atoms with van der Waals surface area (Å²) in [6, 6.07) is 13.2. The summed E-state index contributed by atoms with van der Waals surface area (Å²) in [6.45, 7) is 8.56. The number of nitrogens with one attached hydrogen (secondary N) is 1. The maximum absolute atomic E-state index is 16.0. The van der Waals surface area contributed by atoms with Crippen LogP contribution in [-0.4, -0.2) is 55.9 Å². The van der Waals surface area contributed by atoms with Gasteiger partial charge in [0.1, 0.15) is 17.5 Å². The van der Waals surface area contributed by atoms with E-state index in [1.54, 1.807) is 65.1 Å². The van der Waals surface area contributed by atoms with Crippen molar-refractivity contribution in [1.29, 1.82) is 5.26 Å². The molecule has 2 fully saturated rings. The number of halogens is 3. The number of amides is 2. The van der Waals surface area contributed by atoms with Crippen LogP contribution in [-0.2, 0) is 11.3 Å². The van der Waals surface area contributed by atoms with E-state index >= 15 is 8.78 Å². The van der Waals surface area contributed by atoms with E-state index in [1.165, 1.54) is 28.8 Å². The zero-order valence-corrected chi connectivity index (χ0v) is 28.1. The Kier molecular flexibility index (Phi) is 8.74. The molecule has 3 heterocycles. The highest BCUT2D eigenvalue weighted by Gasteiger charge is 2.44. The molecule has 2 N–H and O–H groups in total. The van der Waals surface area contributed by atoms with Gasteiger partial charge in [-0.2, -0.15) is 5.26 Å². The molecule has 4 aromatic rings. The van der Waals surface area contributed by atoms with E-state index in [0.717, 1.165) is 18.9 Å². The fourth-order valence-electron chi connectivity index (χ4n) is 7.22. The lowest BCUT2D eigenvalue weighted by Crippen LogP contribution is -2.53. The summed E-state index contributed by atoms with van der Waals surface area (Å²) in [5.41, 5.74) is -0.977. The number of hydrogen-bond acceptors (Lipinski definition) is 5. The molecule has 2 saturated heterocycles. The number of alkyl carbamates (subject to hydrolysis) is 1. The molecule has 2 amide bonds. The number of carbonyl (C=O) groups is 2. The standard InChI is InChI=1S/C38H39F3N4O4/c1-37(2,3)49-36(47)43-25-17-26-9-10-27(18-25)45(26)35(46)23-8-11-28(29(15-23)21-6-7-24(19-42)31(39)16-21)30-14-22-12-13-44(20-38(4,5)48)34(22)33(41)32(30)40/h6-8,11-16,25-27,48H,9-10,17-18,20H2,1-5H3,(H,43,47)/t25?,26-,27+. The largest absolute Gasteiger partial charge is 0.444 e. The van der Waals surface area contributed by atoms with Crippen molar-refractivity contribution in [3.63, 3.8) is 0 Å². The van der Waals surface area contributed by atoms with Crippen LogP contribution in [0.5, 0.6) is 0 Å². The first kappa shape index (κ1) is 34.1. The molecule has 0 radical (unpaired) electrons. The number of rotatable bonds is 6. The van der Waals surface area contributed by atoms with Gasteiger partial charge in [-0.15, -0.1) is 0 Å². The molecule has 2 aliphatic rings. The number of fused-ring (bicyclic) bond motifs is 3. The van der Waals surface area contributed by atoms with Gasteiger partial charge in [-0.3, -0.25) is 4.79 Å². The number of aromatic nitrogens is 1. The number of ether oxygens (including phenoxy) is 1. The minimum atomic E-state index is -1.17. The predicted molar refractivity (Wildman–Crippen MR) is 179 cm³/mol. The van der Waals surface area contributed by atoms with Crippen molar-refractivity contribution in [2.45, 2.75) is 96.2 Å². The molecule has 11 heteroatoms. The Morgan fingerprint density at radius 3 is 2.24 bits per heavy atom. The summed E-state index contributed by atoms with van der Waals surface area (Å²) < 4.78 is 53.6. The van der Waals surface area contributed by atoms with E-state index in [-0.39, 0.29) is 69.5 Å². The van der Waals surface area contributed by atoms with Gasteiger partial charge < -0.3 is 24.6 Å². The summed E-state index contributed by atoms with van der Waals surface area (Å²) in [6.07, 6.45) is 3.74.